The smallest absolute Gasteiger partial charge is 0 e. The largest absolute Gasteiger partial charge is 0.748 e. The van der Waals surface area contributed by atoms with E-state index in [1.165, 1.54) is 5.56 Å². The second-order valence-electron chi connectivity index (χ2n) is 3.10. The summed E-state index contributed by atoms with van der Waals surface area (Å²) >= 11 is 4.39. The van der Waals surface area contributed by atoms with Gasteiger partial charge in [0.05, 0.1) is 0 Å². The summed E-state index contributed by atoms with van der Waals surface area (Å²) in [5.41, 5.74) is 1.33. The van der Waals surface area contributed by atoms with Gasteiger partial charge in [-0.05, 0) is 5.25 Å². The van der Waals surface area contributed by atoms with Gasteiger partial charge in [0.15, 0.2) is 0 Å². The van der Waals surface area contributed by atoms with Gasteiger partial charge in [0.1, 0.15) is 0 Å². The average Bonchev–Trinajstić information content (AvgIpc) is 2.91. The molecule has 0 aromatic heterocycles. The summed E-state index contributed by atoms with van der Waals surface area (Å²) in [5.74, 6) is 0. The Morgan fingerprint density at radius 1 is 1.07 bits per heavy atom. The molecule has 1 atom stereocenters. The molecule has 0 aliphatic heterocycles. The van der Waals surface area contributed by atoms with Crippen molar-refractivity contribution in [1.29, 1.82) is 0 Å². The van der Waals surface area contributed by atoms with Crippen LogP contribution in [0.15, 0.2) is 54.6 Å². The molecule has 2 aromatic rings. The Morgan fingerprint density at radius 3 is 1.80 bits per heavy atom. The molecule has 0 N–H and O–H groups in total. The van der Waals surface area contributed by atoms with Crippen molar-refractivity contribution < 1.29 is 17.1 Å². The quantitative estimate of drug-likeness (QED) is 0.467. The van der Waals surface area contributed by atoms with Crippen LogP contribution < -0.4 is 0 Å². The van der Waals surface area contributed by atoms with Crippen LogP contribution in [0.2, 0.25) is 0 Å². The third-order valence-electron chi connectivity index (χ3n) is 2.02. The van der Waals surface area contributed by atoms with Crippen LogP contribution >= 0.6 is 12.6 Å². The van der Waals surface area contributed by atoms with Gasteiger partial charge in [0.2, 0.25) is 0 Å². The normalized spacial score (nSPS) is 10.8. The first-order chi connectivity index (χ1) is 6.84. The SMILES string of the molecule is CCC(S)[c-]1cccc1.[Fe].[cH-]1[cH-][cH-][cH-][cH-]1. The number of hydrogen-bond acceptors (Lipinski definition) is 1. The first-order valence-corrected chi connectivity index (χ1v) is 5.42. The zero-order valence-electron chi connectivity index (χ0n) is 8.78. The van der Waals surface area contributed by atoms with Gasteiger partial charge < -0.3 is 30.3 Å². The summed E-state index contributed by atoms with van der Waals surface area (Å²) in [5, 5.41) is 0.431. The summed E-state index contributed by atoms with van der Waals surface area (Å²) in [7, 11) is 0. The summed E-state index contributed by atoms with van der Waals surface area (Å²) in [6.45, 7) is 2.14. The molecule has 1 unspecified atom stereocenters. The minimum Gasteiger partial charge on any atom is -0.748 e. The fourth-order valence-corrected chi connectivity index (χ4v) is 1.34. The van der Waals surface area contributed by atoms with E-state index in [9.17, 15) is 0 Å². The fourth-order valence-electron chi connectivity index (χ4n) is 1.17. The summed E-state index contributed by atoms with van der Waals surface area (Å²) in [6.07, 6.45) is 1.10. The van der Waals surface area contributed by atoms with Crippen LogP contribution in [0.3, 0.4) is 0 Å². The van der Waals surface area contributed by atoms with Crippen molar-refractivity contribution in [3.63, 3.8) is 0 Å². The number of rotatable bonds is 2. The van der Waals surface area contributed by atoms with Gasteiger partial charge in [0, 0.05) is 17.1 Å². The van der Waals surface area contributed by atoms with Crippen molar-refractivity contribution >= 4 is 12.6 Å². The Balaban J connectivity index is 0.000000280. The van der Waals surface area contributed by atoms with Crippen LogP contribution in [0, 0.1) is 0 Å². The first-order valence-electron chi connectivity index (χ1n) is 4.91. The molecule has 0 amide bonds. The van der Waals surface area contributed by atoms with Gasteiger partial charge in [-0.1, -0.05) is 13.3 Å². The Morgan fingerprint density at radius 2 is 1.47 bits per heavy atom. The molecule has 2 rings (SSSR count). The fraction of sp³-hybridized carbons (Fsp3) is 0.231. The number of hydrogen-bond donors (Lipinski definition) is 1. The molecule has 88 valence electrons. The second kappa shape index (κ2) is 8.84. The zero-order chi connectivity index (χ0) is 10.2. The molecule has 2 aromatic carbocycles. The molecule has 0 aliphatic rings. The minimum absolute atomic E-state index is 0. The van der Waals surface area contributed by atoms with Crippen molar-refractivity contribution in [1.82, 2.24) is 0 Å². The maximum absolute atomic E-state index is 4.39. The van der Waals surface area contributed by atoms with Gasteiger partial charge >= 0.3 is 0 Å². The third-order valence-corrected chi connectivity index (χ3v) is 2.68. The molecule has 0 bridgehead atoms. The topological polar surface area (TPSA) is 0 Å². The van der Waals surface area contributed by atoms with Crippen molar-refractivity contribution in [2.45, 2.75) is 18.6 Å². The van der Waals surface area contributed by atoms with Gasteiger partial charge in [0.25, 0.3) is 0 Å². The van der Waals surface area contributed by atoms with E-state index < -0.39 is 0 Å². The molecule has 0 saturated heterocycles. The van der Waals surface area contributed by atoms with Crippen LogP contribution in [-0.4, -0.2) is 0 Å². The van der Waals surface area contributed by atoms with Crippen molar-refractivity contribution in [2.24, 2.45) is 0 Å². The molecule has 0 fully saturated rings. The molecular formula is C13H16FeS-6. The molecule has 2 heteroatoms. The van der Waals surface area contributed by atoms with E-state index in [2.05, 4.69) is 31.7 Å². The van der Waals surface area contributed by atoms with Gasteiger partial charge in [-0.25, -0.2) is 12.1 Å². The van der Waals surface area contributed by atoms with Gasteiger partial charge in [-0.2, -0.15) is 24.8 Å². The first kappa shape index (κ1) is 14.6. The third kappa shape index (κ3) is 5.88. The Labute approximate surface area is 108 Å². The molecule has 0 radical (unpaired) electrons. The van der Waals surface area contributed by atoms with Crippen molar-refractivity contribution in [3.8, 4) is 0 Å². The van der Waals surface area contributed by atoms with Crippen LogP contribution in [0.1, 0.15) is 24.2 Å². The molecule has 0 saturated carbocycles. The van der Waals surface area contributed by atoms with E-state index in [0.29, 0.717) is 5.25 Å². The Hall–Kier alpha value is -0.431. The van der Waals surface area contributed by atoms with E-state index in [4.69, 9.17) is 0 Å². The molecule has 0 heterocycles. The average molecular weight is 260 g/mol. The minimum atomic E-state index is 0. The molecular weight excluding hydrogens is 244 g/mol. The van der Waals surface area contributed by atoms with E-state index in [1.807, 2.05) is 42.5 Å². The molecule has 0 spiro atoms. The predicted molar refractivity (Wildman–Crippen MR) is 66.1 cm³/mol. The van der Waals surface area contributed by atoms with E-state index in [0.717, 1.165) is 6.42 Å². The molecule has 0 nitrogen and oxygen atoms in total. The van der Waals surface area contributed by atoms with E-state index in [1.54, 1.807) is 0 Å². The van der Waals surface area contributed by atoms with Crippen LogP contribution in [-0.2, 0) is 17.1 Å². The van der Waals surface area contributed by atoms with Crippen molar-refractivity contribution in [3.05, 3.63) is 60.2 Å². The van der Waals surface area contributed by atoms with Crippen LogP contribution in [0.25, 0.3) is 0 Å². The summed E-state index contributed by atoms with van der Waals surface area (Å²) in [6, 6.07) is 18.3. The maximum atomic E-state index is 4.39. The standard InChI is InChI=1S/C8H11S.C5H5.Fe/c1-2-8(9)7-5-3-4-6-7;1-2-4-5-3-1;/h3-6,8-9H,2H2,1H3;1-5H;/q-1;-5;. The monoisotopic (exact) mass is 260 g/mol. The van der Waals surface area contributed by atoms with Gasteiger partial charge in [-0.3, -0.25) is 0 Å². The van der Waals surface area contributed by atoms with Gasteiger partial charge in [-0.15, -0.1) is 5.56 Å². The maximum Gasteiger partial charge on any atom is 0 e. The summed E-state index contributed by atoms with van der Waals surface area (Å²) in [4.78, 5) is 0. The molecule has 15 heavy (non-hydrogen) atoms. The predicted octanol–water partition coefficient (Wildman–Crippen LogP) is 4.19. The summed E-state index contributed by atoms with van der Waals surface area (Å²) < 4.78 is 0. The van der Waals surface area contributed by atoms with E-state index in [-0.39, 0.29) is 17.1 Å². The second-order valence-corrected chi connectivity index (χ2v) is 3.73. The van der Waals surface area contributed by atoms with Crippen molar-refractivity contribution in [2.75, 3.05) is 0 Å². The zero-order valence-corrected chi connectivity index (χ0v) is 10.8. The van der Waals surface area contributed by atoms with Crippen LogP contribution in [0.4, 0.5) is 0 Å². The Kier molecular flexibility index (Phi) is 8.59. The van der Waals surface area contributed by atoms with E-state index >= 15 is 0 Å². The van der Waals surface area contributed by atoms with Crippen LogP contribution in [0.5, 0.6) is 0 Å². The Bertz CT molecular complexity index is 280. The molecule has 0 aliphatic carbocycles. The number of thiol groups is 1.